The van der Waals surface area contributed by atoms with Gasteiger partial charge in [0, 0.05) is 18.6 Å². The monoisotopic (exact) mass is 252 g/mol. The summed E-state index contributed by atoms with van der Waals surface area (Å²) in [5, 5.41) is 5.83. The second-order valence-electron chi connectivity index (χ2n) is 4.68. The van der Waals surface area contributed by atoms with Crippen LogP contribution in [0.2, 0.25) is 0 Å². The fraction of sp³-hybridized carbons (Fsp3) is 0.200. The van der Waals surface area contributed by atoms with E-state index in [0.29, 0.717) is 5.82 Å². The molecule has 0 saturated carbocycles. The molecule has 2 aromatic heterocycles. The van der Waals surface area contributed by atoms with Crippen molar-refractivity contribution in [2.45, 2.75) is 12.8 Å². The quantitative estimate of drug-likeness (QED) is 0.778. The summed E-state index contributed by atoms with van der Waals surface area (Å²) in [5.41, 5.74) is 9.19. The summed E-state index contributed by atoms with van der Waals surface area (Å²) in [5.74, 6) is 0.573. The SMILES string of the molecule is Cn1nc(CCc2ccnc(N)c2)c2ccccc21. The van der Waals surface area contributed by atoms with Gasteiger partial charge in [0.1, 0.15) is 5.82 Å². The van der Waals surface area contributed by atoms with Crippen LogP contribution in [0.15, 0.2) is 42.6 Å². The Kier molecular flexibility index (Phi) is 2.91. The van der Waals surface area contributed by atoms with Gasteiger partial charge in [-0.2, -0.15) is 5.10 Å². The van der Waals surface area contributed by atoms with E-state index in [4.69, 9.17) is 5.73 Å². The van der Waals surface area contributed by atoms with Crippen LogP contribution in [0.5, 0.6) is 0 Å². The molecule has 0 unspecified atom stereocenters. The molecule has 0 radical (unpaired) electrons. The Morgan fingerprint density at radius 1 is 1.16 bits per heavy atom. The van der Waals surface area contributed by atoms with Crippen LogP contribution in [0.25, 0.3) is 10.9 Å². The van der Waals surface area contributed by atoms with E-state index in [0.717, 1.165) is 18.5 Å². The van der Waals surface area contributed by atoms with Crippen LogP contribution in [0, 0.1) is 0 Å². The summed E-state index contributed by atoms with van der Waals surface area (Å²) in [6.07, 6.45) is 3.58. The molecule has 2 heterocycles. The van der Waals surface area contributed by atoms with Crippen LogP contribution >= 0.6 is 0 Å². The minimum absolute atomic E-state index is 0.573. The van der Waals surface area contributed by atoms with E-state index in [2.05, 4.69) is 28.3 Å². The van der Waals surface area contributed by atoms with Gasteiger partial charge in [-0.3, -0.25) is 4.68 Å². The van der Waals surface area contributed by atoms with Gasteiger partial charge in [0.15, 0.2) is 0 Å². The topological polar surface area (TPSA) is 56.7 Å². The van der Waals surface area contributed by atoms with Crippen molar-refractivity contribution in [1.82, 2.24) is 14.8 Å². The number of nitrogens with zero attached hydrogens (tertiary/aromatic N) is 3. The fourth-order valence-electron chi connectivity index (χ4n) is 2.39. The Morgan fingerprint density at radius 3 is 2.84 bits per heavy atom. The molecule has 1 aromatic carbocycles. The number of nitrogen functional groups attached to an aromatic ring is 1. The van der Waals surface area contributed by atoms with Gasteiger partial charge in [-0.1, -0.05) is 18.2 Å². The van der Waals surface area contributed by atoms with E-state index in [1.165, 1.54) is 16.5 Å². The molecule has 4 heteroatoms. The summed E-state index contributed by atoms with van der Waals surface area (Å²) in [6, 6.07) is 12.2. The normalized spacial score (nSPS) is 11.0. The Morgan fingerprint density at radius 2 is 2.00 bits per heavy atom. The smallest absolute Gasteiger partial charge is 0.123 e. The first-order valence-corrected chi connectivity index (χ1v) is 6.35. The van der Waals surface area contributed by atoms with Gasteiger partial charge in [0.05, 0.1) is 11.2 Å². The van der Waals surface area contributed by atoms with Crippen molar-refractivity contribution < 1.29 is 0 Å². The van der Waals surface area contributed by atoms with Crippen LogP contribution in [-0.4, -0.2) is 14.8 Å². The molecule has 4 nitrogen and oxygen atoms in total. The van der Waals surface area contributed by atoms with E-state index >= 15 is 0 Å². The molecule has 0 bridgehead atoms. The van der Waals surface area contributed by atoms with Gasteiger partial charge in [-0.25, -0.2) is 4.98 Å². The third-order valence-electron chi connectivity index (χ3n) is 3.33. The number of fused-ring (bicyclic) bond motifs is 1. The summed E-state index contributed by atoms with van der Waals surface area (Å²) in [7, 11) is 1.98. The largest absolute Gasteiger partial charge is 0.384 e. The van der Waals surface area contributed by atoms with Gasteiger partial charge < -0.3 is 5.73 Å². The maximum absolute atomic E-state index is 5.69. The minimum Gasteiger partial charge on any atom is -0.384 e. The highest BCUT2D eigenvalue weighted by Gasteiger charge is 2.07. The lowest BCUT2D eigenvalue weighted by Gasteiger charge is -2.00. The van der Waals surface area contributed by atoms with Crippen molar-refractivity contribution in [2.75, 3.05) is 5.73 Å². The first-order valence-electron chi connectivity index (χ1n) is 6.35. The van der Waals surface area contributed by atoms with Crippen molar-refractivity contribution in [3.05, 3.63) is 53.9 Å². The first kappa shape index (κ1) is 11.7. The molecule has 0 amide bonds. The number of anilines is 1. The summed E-state index contributed by atoms with van der Waals surface area (Å²) in [4.78, 5) is 4.01. The zero-order valence-electron chi connectivity index (χ0n) is 10.9. The highest BCUT2D eigenvalue weighted by Crippen LogP contribution is 2.19. The summed E-state index contributed by atoms with van der Waals surface area (Å²) < 4.78 is 1.94. The maximum atomic E-state index is 5.69. The number of aryl methyl sites for hydroxylation is 3. The molecule has 3 rings (SSSR count). The molecular formula is C15H16N4. The van der Waals surface area contributed by atoms with Crippen LogP contribution < -0.4 is 5.73 Å². The number of rotatable bonds is 3. The number of hydrogen-bond donors (Lipinski definition) is 1. The standard InChI is InChI=1S/C15H16N4/c1-19-14-5-3-2-4-12(14)13(18-19)7-6-11-8-9-17-15(16)10-11/h2-5,8-10H,6-7H2,1H3,(H2,16,17). The number of benzene rings is 1. The number of nitrogens with two attached hydrogens (primary N) is 1. The predicted molar refractivity (Wildman–Crippen MR) is 76.8 cm³/mol. The van der Waals surface area contributed by atoms with Crippen LogP contribution in [-0.2, 0) is 19.9 Å². The predicted octanol–water partition coefficient (Wildman–Crippen LogP) is 2.34. The average Bonchev–Trinajstić information content (AvgIpc) is 2.74. The zero-order valence-corrected chi connectivity index (χ0v) is 10.9. The van der Waals surface area contributed by atoms with Crippen molar-refractivity contribution >= 4 is 16.7 Å². The molecular weight excluding hydrogens is 236 g/mol. The van der Waals surface area contributed by atoms with Crippen LogP contribution in [0.4, 0.5) is 5.82 Å². The minimum atomic E-state index is 0.573. The number of aromatic nitrogens is 3. The van der Waals surface area contributed by atoms with Crippen molar-refractivity contribution in [2.24, 2.45) is 7.05 Å². The second-order valence-corrected chi connectivity index (χ2v) is 4.68. The second kappa shape index (κ2) is 4.72. The Balaban J connectivity index is 1.86. The molecule has 0 fully saturated rings. The van der Waals surface area contributed by atoms with Gasteiger partial charge >= 0.3 is 0 Å². The molecule has 0 aliphatic heterocycles. The zero-order chi connectivity index (χ0) is 13.2. The highest BCUT2D eigenvalue weighted by atomic mass is 15.3. The molecule has 0 saturated heterocycles. The highest BCUT2D eigenvalue weighted by molar-refractivity contribution is 5.81. The Hall–Kier alpha value is -2.36. The summed E-state index contributed by atoms with van der Waals surface area (Å²) >= 11 is 0. The van der Waals surface area contributed by atoms with Crippen LogP contribution in [0.1, 0.15) is 11.3 Å². The fourth-order valence-corrected chi connectivity index (χ4v) is 2.39. The van der Waals surface area contributed by atoms with Crippen molar-refractivity contribution in [3.63, 3.8) is 0 Å². The van der Waals surface area contributed by atoms with Gasteiger partial charge in [-0.15, -0.1) is 0 Å². The van der Waals surface area contributed by atoms with Gasteiger partial charge in [0.2, 0.25) is 0 Å². The van der Waals surface area contributed by atoms with E-state index in [1.54, 1.807) is 6.20 Å². The molecule has 0 spiro atoms. The molecule has 96 valence electrons. The Labute approximate surface area is 111 Å². The lowest BCUT2D eigenvalue weighted by Crippen LogP contribution is -1.97. The number of pyridine rings is 1. The molecule has 0 aliphatic carbocycles. The van der Waals surface area contributed by atoms with E-state index in [9.17, 15) is 0 Å². The first-order chi connectivity index (χ1) is 9.24. The Bertz CT molecular complexity index is 715. The van der Waals surface area contributed by atoms with Gasteiger partial charge in [0.25, 0.3) is 0 Å². The number of hydrogen-bond acceptors (Lipinski definition) is 3. The van der Waals surface area contributed by atoms with E-state index in [1.807, 2.05) is 29.9 Å². The molecule has 0 aliphatic rings. The number of para-hydroxylation sites is 1. The molecule has 2 N–H and O–H groups in total. The van der Waals surface area contributed by atoms with E-state index < -0.39 is 0 Å². The van der Waals surface area contributed by atoms with E-state index in [-0.39, 0.29) is 0 Å². The lowest BCUT2D eigenvalue weighted by molar-refractivity contribution is 0.758. The van der Waals surface area contributed by atoms with Gasteiger partial charge in [-0.05, 0) is 36.6 Å². The lowest BCUT2D eigenvalue weighted by atomic mass is 10.1. The molecule has 0 atom stereocenters. The van der Waals surface area contributed by atoms with Crippen LogP contribution in [0.3, 0.4) is 0 Å². The van der Waals surface area contributed by atoms with Crippen molar-refractivity contribution in [1.29, 1.82) is 0 Å². The maximum Gasteiger partial charge on any atom is 0.123 e. The average molecular weight is 252 g/mol. The third kappa shape index (κ3) is 2.29. The molecule has 19 heavy (non-hydrogen) atoms. The third-order valence-corrected chi connectivity index (χ3v) is 3.33. The molecule has 3 aromatic rings. The summed E-state index contributed by atoms with van der Waals surface area (Å²) in [6.45, 7) is 0. The van der Waals surface area contributed by atoms with Crippen molar-refractivity contribution in [3.8, 4) is 0 Å².